The van der Waals surface area contributed by atoms with Gasteiger partial charge in [0.25, 0.3) is 5.89 Å². The molecule has 3 aromatic rings. The summed E-state index contributed by atoms with van der Waals surface area (Å²) < 4.78 is 7.57. The third-order valence-corrected chi connectivity index (χ3v) is 5.26. The quantitative estimate of drug-likeness (QED) is 0.763. The van der Waals surface area contributed by atoms with E-state index < -0.39 is 5.54 Å². The van der Waals surface area contributed by atoms with Crippen LogP contribution in [-0.4, -0.2) is 24.9 Å². The summed E-state index contributed by atoms with van der Waals surface area (Å²) in [6, 6.07) is 2.26. The van der Waals surface area contributed by atoms with Crippen LogP contribution in [0.1, 0.15) is 76.9 Å². The summed E-state index contributed by atoms with van der Waals surface area (Å²) in [5.41, 5.74) is 8.75. The van der Waals surface area contributed by atoms with E-state index in [-0.39, 0.29) is 12.0 Å². The molecule has 26 heavy (non-hydrogen) atoms. The lowest BCUT2D eigenvalue weighted by Gasteiger charge is -2.17. The SMILES string of the molecule is CC(C)c1cc(-c2nc(C3(N)CCCC3)no2)c2cnn(C(C)C)c2n1. The first-order valence-corrected chi connectivity index (χ1v) is 9.40. The number of fused-ring (bicyclic) bond motifs is 1. The highest BCUT2D eigenvalue weighted by Crippen LogP contribution is 2.37. The first-order valence-electron chi connectivity index (χ1n) is 9.40. The lowest BCUT2D eigenvalue weighted by atomic mass is 9.98. The van der Waals surface area contributed by atoms with Gasteiger partial charge in [-0.05, 0) is 38.7 Å². The third kappa shape index (κ3) is 2.70. The van der Waals surface area contributed by atoms with Gasteiger partial charge in [0.15, 0.2) is 11.5 Å². The Kier molecular flexibility index (Phi) is 4.06. The van der Waals surface area contributed by atoms with Crippen LogP contribution in [0, 0.1) is 0 Å². The van der Waals surface area contributed by atoms with Crippen molar-refractivity contribution in [2.75, 3.05) is 0 Å². The van der Waals surface area contributed by atoms with Gasteiger partial charge in [0.05, 0.1) is 22.7 Å². The van der Waals surface area contributed by atoms with Gasteiger partial charge in [-0.25, -0.2) is 9.67 Å². The van der Waals surface area contributed by atoms with Crippen LogP contribution in [0.2, 0.25) is 0 Å². The van der Waals surface area contributed by atoms with Crippen molar-refractivity contribution in [3.63, 3.8) is 0 Å². The molecular weight excluding hydrogens is 328 g/mol. The highest BCUT2D eigenvalue weighted by molar-refractivity contribution is 5.90. The fraction of sp³-hybridized carbons (Fsp3) is 0.579. The highest BCUT2D eigenvalue weighted by Gasteiger charge is 2.36. The van der Waals surface area contributed by atoms with Gasteiger partial charge in [-0.2, -0.15) is 10.1 Å². The van der Waals surface area contributed by atoms with Crippen molar-refractivity contribution in [3.05, 3.63) is 23.8 Å². The molecule has 7 heteroatoms. The summed E-state index contributed by atoms with van der Waals surface area (Å²) in [6.45, 7) is 8.44. The van der Waals surface area contributed by atoms with Gasteiger partial charge in [0.1, 0.15) is 0 Å². The van der Waals surface area contributed by atoms with E-state index in [1.54, 1.807) is 0 Å². The molecule has 1 aliphatic rings. The summed E-state index contributed by atoms with van der Waals surface area (Å²) in [6.07, 6.45) is 5.86. The molecule has 0 unspecified atom stereocenters. The molecule has 1 fully saturated rings. The Labute approximate surface area is 153 Å². The Balaban J connectivity index is 1.87. The van der Waals surface area contributed by atoms with Crippen molar-refractivity contribution in [3.8, 4) is 11.5 Å². The van der Waals surface area contributed by atoms with Crippen LogP contribution in [0.15, 0.2) is 16.8 Å². The van der Waals surface area contributed by atoms with Crippen LogP contribution in [-0.2, 0) is 5.54 Å². The molecule has 0 atom stereocenters. The maximum Gasteiger partial charge on any atom is 0.258 e. The normalized spacial score (nSPS) is 17.0. The van der Waals surface area contributed by atoms with Crippen molar-refractivity contribution in [1.82, 2.24) is 24.9 Å². The van der Waals surface area contributed by atoms with E-state index in [0.29, 0.717) is 11.7 Å². The Morgan fingerprint density at radius 1 is 1.15 bits per heavy atom. The summed E-state index contributed by atoms with van der Waals surface area (Å²) in [5, 5.41) is 9.66. The third-order valence-electron chi connectivity index (χ3n) is 5.26. The van der Waals surface area contributed by atoms with Crippen LogP contribution >= 0.6 is 0 Å². The Morgan fingerprint density at radius 3 is 2.54 bits per heavy atom. The number of hydrogen-bond acceptors (Lipinski definition) is 6. The van der Waals surface area contributed by atoms with E-state index in [1.807, 2.05) is 16.9 Å². The van der Waals surface area contributed by atoms with Crippen molar-refractivity contribution < 1.29 is 4.52 Å². The summed E-state index contributed by atoms with van der Waals surface area (Å²) in [5.74, 6) is 1.39. The number of pyridine rings is 1. The van der Waals surface area contributed by atoms with Crippen LogP contribution < -0.4 is 5.73 Å². The summed E-state index contributed by atoms with van der Waals surface area (Å²) in [7, 11) is 0. The van der Waals surface area contributed by atoms with Crippen LogP contribution in [0.5, 0.6) is 0 Å². The predicted octanol–water partition coefficient (Wildman–Crippen LogP) is 3.91. The fourth-order valence-electron chi connectivity index (χ4n) is 3.65. The second-order valence-corrected chi connectivity index (χ2v) is 7.96. The molecule has 138 valence electrons. The topological polar surface area (TPSA) is 95.6 Å². The monoisotopic (exact) mass is 354 g/mol. The van der Waals surface area contributed by atoms with Gasteiger partial charge in [-0.1, -0.05) is 31.8 Å². The molecule has 2 N–H and O–H groups in total. The zero-order valence-corrected chi connectivity index (χ0v) is 15.9. The number of nitrogens with two attached hydrogens (primary N) is 1. The largest absolute Gasteiger partial charge is 0.334 e. The summed E-state index contributed by atoms with van der Waals surface area (Å²) >= 11 is 0. The molecule has 1 saturated carbocycles. The Bertz CT molecular complexity index is 933. The molecule has 4 rings (SSSR count). The van der Waals surface area contributed by atoms with E-state index in [0.717, 1.165) is 48.0 Å². The fourth-order valence-corrected chi connectivity index (χ4v) is 3.65. The van der Waals surface area contributed by atoms with Gasteiger partial charge < -0.3 is 10.3 Å². The molecular formula is C19H26N6O. The van der Waals surface area contributed by atoms with Crippen LogP contribution in [0.4, 0.5) is 0 Å². The van der Waals surface area contributed by atoms with Gasteiger partial charge in [0, 0.05) is 11.7 Å². The lowest BCUT2D eigenvalue weighted by molar-refractivity contribution is 0.373. The molecule has 0 aliphatic heterocycles. The molecule has 0 spiro atoms. The summed E-state index contributed by atoms with van der Waals surface area (Å²) in [4.78, 5) is 9.50. The average Bonchev–Trinajstić information content (AvgIpc) is 3.32. The molecule has 0 aromatic carbocycles. The maximum absolute atomic E-state index is 6.49. The number of aromatic nitrogens is 5. The van der Waals surface area contributed by atoms with Gasteiger partial charge >= 0.3 is 0 Å². The maximum atomic E-state index is 6.49. The number of rotatable bonds is 4. The van der Waals surface area contributed by atoms with Gasteiger partial charge in [-0.15, -0.1) is 0 Å². The first-order chi connectivity index (χ1) is 12.4. The van der Waals surface area contributed by atoms with E-state index in [9.17, 15) is 0 Å². The molecule has 0 saturated heterocycles. The molecule has 7 nitrogen and oxygen atoms in total. The second-order valence-electron chi connectivity index (χ2n) is 7.96. The van der Waals surface area contributed by atoms with Crippen molar-refractivity contribution in [2.24, 2.45) is 5.73 Å². The van der Waals surface area contributed by atoms with Gasteiger partial charge in [0.2, 0.25) is 0 Å². The number of nitrogens with zero attached hydrogens (tertiary/aromatic N) is 5. The van der Waals surface area contributed by atoms with Crippen molar-refractivity contribution >= 4 is 11.0 Å². The smallest absolute Gasteiger partial charge is 0.258 e. The lowest BCUT2D eigenvalue weighted by Crippen LogP contribution is -2.34. The molecule has 0 amide bonds. The minimum absolute atomic E-state index is 0.222. The molecule has 3 heterocycles. The predicted molar refractivity (Wildman–Crippen MR) is 99.6 cm³/mol. The zero-order chi connectivity index (χ0) is 18.5. The van der Waals surface area contributed by atoms with E-state index in [1.165, 1.54) is 0 Å². The number of hydrogen-bond donors (Lipinski definition) is 1. The minimum atomic E-state index is -0.461. The second kappa shape index (κ2) is 6.16. The average molecular weight is 354 g/mol. The van der Waals surface area contributed by atoms with E-state index >= 15 is 0 Å². The van der Waals surface area contributed by atoms with E-state index in [4.69, 9.17) is 15.2 Å². The minimum Gasteiger partial charge on any atom is -0.334 e. The molecule has 0 radical (unpaired) electrons. The molecule has 1 aliphatic carbocycles. The van der Waals surface area contributed by atoms with Crippen molar-refractivity contribution in [1.29, 1.82) is 0 Å². The Hall–Kier alpha value is -2.28. The molecule has 3 aromatic heterocycles. The zero-order valence-electron chi connectivity index (χ0n) is 15.9. The first kappa shape index (κ1) is 17.1. The Morgan fingerprint density at radius 2 is 1.88 bits per heavy atom. The standard InChI is InChI=1S/C19H26N6O/c1-11(2)15-9-13(14-10-21-25(12(3)4)16(14)22-15)17-23-18(24-26-17)19(20)7-5-6-8-19/h9-12H,5-8,20H2,1-4H3. The van der Waals surface area contributed by atoms with Gasteiger partial charge in [-0.3, -0.25) is 0 Å². The highest BCUT2D eigenvalue weighted by atomic mass is 16.5. The van der Waals surface area contributed by atoms with Crippen molar-refractivity contribution in [2.45, 2.75) is 70.9 Å². The molecule has 0 bridgehead atoms. The van der Waals surface area contributed by atoms with Crippen LogP contribution in [0.25, 0.3) is 22.5 Å². The van der Waals surface area contributed by atoms with Crippen LogP contribution in [0.3, 0.4) is 0 Å². The van der Waals surface area contributed by atoms with E-state index in [2.05, 4.69) is 42.9 Å².